The van der Waals surface area contributed by atoms with Crippen molar-refractivity contribution < 1.29 is 0 Å². The Labute approximate surface area is 275 Å². The van der Waals surface area contributed by atoms with E-state index in [1.54, 1.807) is 9.13 Å². The highest BCUT2D eigenvalue weighted by atomic mass is 16.1. The predicted molar refractivity (Wildman–Crippen MR) is 203 cm³/mol. The molecule has 0 spiro atoms. The second kappa shape index (κ2) is 10.6. The van der Waals surface area contributed by atoms with Gasteiger partial charge >= 0.3 is 0 Å². The molecule has 0 N–H and O–H groups in total. The number of benzene rings is 8. The van der Waals surface area contributed by atoms with E-state index in [0.29, 0.717) is 10.8 Å². The topological polar surface area (TPSA) is 44.0 Å². The van der Waals surface area contributed by atoms with Crippen molar-refractivity contribution in [1.29, 1.82) is 0 Å². The van der Waals surface area contributed by atoms with Gasteiger partial charge < -0.3 is 9.13 Å². The lowest BCUT2D eigenvalue weighted by molar-refractivity contribution is 0.920. The third-order valence-corrected chi connectivity index (χ3v) is 9.86. The van der Waals surface area contributed by atoms with E-state index in [1.807, 2.05) is 99.0 Å². The molecule has 0 aliphatic heterocycles. The third kappa shape index (κ3) is 4.30. The zero-order valence-corrected chi connectivity index (χ0v) is 26.6. The monoisotopic (exact) mass is 618 g/mol. The first-order valence-corrected chi connectivity index (χ1v) is 16.1. The molecule has 4 nitrogen and oxygen atoms in total. The Bertz CT molecular complexity index is 2870. The number of nitrogens with zero attached hydrogens (tertiary/aromatic N) is 2. The van der Waals surface area contributed by atoms with Gasteiger partial charge in [-0.1, -0.05) is 97.1 Å². The standard InChI is InChI=1S/C44H30N2O2/c1-45-41-25-29-13-5-3-11-27(29)21-39(41)37-24-34(20-32-16-8-9-17-35(32)37)44(48)46(2)42-26-30-14-6-4-12-28(30)22-40(42)38-23-33(43(45)47)19-31-15-7-10-18-36(31)38/h3-26H,1-2H3. The molecule has 0 aliphatic rings. The number of fused-ring (bicyclic) bond motifs is 14. The number of aromatic nitrogens is 2. The van der Waals surface area contributed by atoms with Crippen LogP contribution in [0.15, 0.2) is 155 Å². The lowest BCUT2D eigenvalue weighted by atomic mass is 9.98. The summed E-state index contributed by atoms with van der Waals surface area (Å²) in [6, 6.07) is 49.1. The van der Waals surface area contributed by atoms with Gasteiger partial charge in [0.1, 0.15) is 0 Å². The fraction of sp³-hybridized carbons (Fsp3) is 0.0455. The fourth-order valence-electron chi connectivity index (χ4n) is 7.36. The van der Waals surface area contributed by atoms with Crippen LogP contribution in [0.3, 0.4) is 0 Å². The maximum atomic E-state index is 14.7. The molecule has 0 saturated heterocycles. The van der Waals surface area contributed by atoms with Crippen molar-refractivity contribution in [3.63, 3.8) is 0 Å². The van der Waals surface area contributed by atoms with E-state index < -0.39 is 0 Å². The van der Waals surface area contributed by atoms with E-state index in [4.69, 9.17) is 0 Å². The summed E-state index contributed by atoms with van der Waals surface area (Å²) in [7, 11) is 3.70. The number of hydrogen-bond donors (Lipinski definition) is 0. The zero-order chi connectivity index (χ0) is 32.5. The van der Waals surface area contributed by atoms with Crippen LogP contribution < -0.4 is 11.1 Å². The maximum absolute atomic E-state index is 14.7. The van der Waals surface area contributed by atoms with Crippen molar-refractivity contribution in [2.24, 2.45) is 14.1 Å². The van der Waals surface area contributed by atoms with Crippen molar-refractivity contribution in [1.82, 2.24) is 9.13 Å². The molecular weight excluding hydrogens is 588 g/mol. The van der Waals surface area contributed by atoms with Gasteiger partial charge in [-0.2, -0.15) is 0 Å². The smallest absolute Gasteiger partial charge is 0.258 e. The Morgan fingerprint density at radius 1 is 0.312 bits per heavy atom. The molecule has 4 bridgehead atoms. The summed E-state index contributed by atoms with van der Waals surface area (Å²) in [5, 5.41) is 12.9. The molecule has 0 radical (unpaired) electrons. The van der Waals surface area contributed by atoms with Crippen LogP contribution in [-0.4, -0.2) is 9.13 Å². The molecule has 0 fully saturated rings. The zero-order valence-electron chi connectivity index (χ0n) is 26.6. The quantitative estimate of drug-likeness (QED) is 0.170. The van der Waals surface area contributed by atoms with Crippen LogP contribution in [0, 0.1) is 0 Å². The predicted octanol–water partition coefficient (Wildman–Crippen LogP) is 10.00. The highest BCUT2D eigenvalue weighted by Crippen LogP contribution is 2.32. The van der Waals surface area contributed by atoms with Gasteiger partial charge in [0.25, 0.3) is 11.1 Å². The molecule has 0 unspecified atom stereocenters. The van der Waals surface area contributed by atoms with Crippen molar-refractivity contribution in [3.8, 4) is 0 Å². The molecule has 1 aromatic heterocycles. The van der Waals surface area contributed by atoms with Crippen molar-refractivity contribution in [2.75, 3.05) is 0 Å². The van der Waals surface area contributed by atoms with Crippen LogP contribution in [0.25, 0.3) is 86.4 Å². The summed E-state index contributed by atoms with van der Waals surface area (Å²) in [4.78, 5) is 29.4. The fourth-order valence-corrected chi connectivity index (χ4v) is 7.36. The first kappa shape index (κ1) is 28.0. The van der Waals surface area contributed by atoms with Crippen LogP contribution >= 0.6 is 0 Å². The number of rotatable bonds is 0. The minimum atomic E-state index is -0.108. The maximum Gasteiger partial charge on any atom is 0.258 e. The first-order valence-electron chi connectivity index (χ1n) is 16.1. The summed E-state index contributed by atoms with van der Waals surface area (Å²) in [6.45, 7) is 0. The summed E-state index contributed by atoms with van der Waals surface area (Å²) in [5.41, 5.74) is 1.34. The molecule has 48 heavy (non-hydrogen) atoms. The van der Waals surface area contributed by atoms with Crippen molar-refractivity contribution in [2.45, 2.75) is 0 Å². The Balaban J connectivity index is 1.68. The van der Waals surface area contributed by atoms with E-state index in [9.17, 15) is 9.59 Å². The Morgan fingerprint density at radius 3 is 1.02 bits per heavy atom. The highest BCUT2D eigenvalue weighted by molar-refractivity contribution is 6.17. The Kier molecular flexibility index (Phi) is 6.21. The molecule has 0 saturated carbocycles. The first-order chi connectivity index (χ1) is 23.4. The third-order valence-electron chi connectivity index (χ3n) is 9.86. The minimum absolute atomic E-state index is 0.108. The molecule has 9 aromatic rings. The van der Waals surface area contributed by atoms with Crippen LogP contribution in [0.4, 0.5) is 0 Å². The summed E-state index contributed by atoms with van der Waals surface area (Å²) >= 11 is 0. The molecule has 1 heterocycles. The second-order valence-electron chi connectivity index (χ2n) is 12.7. The van der Waals surface area contributed by atoms with Crippen LogP contribution in [0.5, 0.6) is 0 Å². The Morgan fingerprint density at radius 2 is 0.625 bits per heavy atom. The summed E-state index contributed by atoms with van der Waals surface area (Å²) in [5.74, 6) is 0. The van der Waals surface area contributed by atoms with E-state index in [1.165, 1.54) is 0 Å². The lowest BCUT2D eigenvalue weighted by Crippen LogP contribution is -2.16. The van der Waals surface area contributed by atoms with Gasteiger partial charge in [-0.05, 0) is 102 Å². The van der Waals surface area contributed by atoms with Gasteiger partial charge in [-0.15, -0.1) is 0 Å². The highest BCUT2D eigenvalue weighted by Gasteiger charge is 2.11. The molecule has 0 amide bonds. The molecule has 4 heteroatoms. The molecule has 8 aromatic carbocycles. The summed E-state index contributed by atoms with van der Waals surface area (Å²) in [6.07, 6.45) is 0. The van der Waals surface area contributed by atoms with Gasteiger partial charge in [0.15, 0.2) is 0 Å². The lowest BCUT2D eigenvalue weighted by Gasteiger charge is -2.11. The largest absolute Gasteiger partial charge is 0.311 e. The summed E-state index contributed by atoms with van der Waals surface area (Å²) < 4.78 is 3.52. The molecule has 0 aliphatic carbocycles. The number of hydrogen-bond acceptors (Lipinski definition) is 2. The van der Waals surface area contributed by atoms with Crippen LogP contribution in [0.1, 0.15) is 0 Å². The number of aryl methyl sites for hydroxylation is 2. The molecule has 9 rings (SSSR count). The van der Waals surface area contributed by atoms with E-state index >= 15 is 0 Å². The van der Waals surface area contributed by atoms with E-state index in [2.05, 4.69) is 60.7 Å². The van der Waals surface area contributed by atoms with Gasteiger partial charge in [0.05, 0.1) is 11.0 Å². The Hall–Kier alpha value is -6.26. The van der Waals surface area contributed by atoms with Gasteiger partial charge in [0.2, 0.25) is 0 Å². The average Bonchev–Trinajstić information content (AvgIpc) is 3.14. The van der Waals surface area contributed by atoms with Crippen molar-refractivity contribution in [3.05, 3.63) is 166 Å². The van der Waals surface area contributed by atoms with E-state index in [0.717, 1.165) is 75.7 Å². The molecular formula is C44H30N2O2. The van der Waals surface area contributed by atoms with E-state index in [-0.39, 0.29) is 11.1 Å². The minimum Gasteiger partial charge on any atom is -0.311 e. The second-order valence-corrected chi connectivity index (χ2v) is 12.7. The average molecular weight is 619 g/mol. The SMILES string of the molecule is Cn1c(=O)c2cc3ccccc3c(c2)c2cc3ccccc3cc2n(C)c(=O)c2cc3ccccc3c(c2)c2cc3ccccc3cc21. The van der Waals surface area contributed by atoms with Crippen molar-refractivity contribution >= 4 is 86.4 Å². The van der Waals surface area contributed by atoms with Gasteiger partial charge in [-0.3, -0.25) is 9.59 Å². The van der Waals surface area contributed by atoms with Crippen LogP contribution in [0.2, 0.25) is 0 Å². The normalized spacial score (nSPS) is 11.7. The molecule has 228 valence electrons. The van der Waals surface area contributed by atoms with Gasteiger partial charge in [0, 0.05) is 35.6 Å². The van der Waals surface area contributed by atoms with Crippen LogP contribution in [-0.2, 0) is 14.1 Å². The molecule has 0 atom stereocenters. The van der Waals surface area contributed by atoms with Gasteiger partial charge in [-0.25, -0.2) is 0 Å².